The molecule has 0 aromatic carbocycles. The Morgan fingerprint density at radius 2 is 1.15 bits per heavy atom. The molecule has 0 bridgehead atoms. The second kappa shape index (κ2) is 35.7. The zero-order chi connectivity index (χ0) is 66.4. The van der Waals surface area contributed by atoms with E-state index in [4.69, 9.17) is 0 Å². The zero-order valence-corrected chi connectivity index (χ0v) is 55.5. The van der Waals surface area contributed by atoms with Crippen molar-refractivity contribution in [3.05, 3.63) is 12.2 Å². The van der Waals surface area contributed by atoms with Crippen molar-refractivity contribution in [2.75, 3.05) is 33.7 Å². The predicted molar refractivity (Wildman–Crippen MR) is 330 cm³/mol. The van der Waals surface area contributed by atoms with Gasteiger partial charge in [0, 0.05) is 44.9 Å². The smallest absolute Gasteiger partial charge is 0.246 e. The molecule has 1 aliphatic heterocycles. The maximum absolute atomic E-state index is 14.6. The maximum Gasteiger partial charge on any atom is 0.246 e. The molecule has 1 rings (SSSR count). The van der Waals surface area contributed by atoms with Gasteiger partial charge in [-0.1, -0.05) is 88.7 Å². The van der Waals surface area contributed by atoms with E-state index < -0.39 is 118 Å². The van der Waals surface area contributed by atoms with Crippen LogP contribution in [0.2, 0.25) is 0 Å². The molecule has 86 heavy (non-hydrogen) atoms. The van der Waals surface area contributed by atoms with E-state index >= 15 is 0 Å². The molecular formula is C62H111N11O13. The maximum atomic E-state index is 14.6. The van der Waals surface area contributed by atoms with Crippen LogP contribution in [0.1, 0.15) is 182 Å². The lowest BCUT2D eigenvalue weighted by atomic mass is 9.92. The van der Waals surface area contributed by atoms with Gasteiger partial charge in [0.1, 0.15) is 52.6 Å². The fourth-order valence-electron chi connectivity index (χ4n) is 9.77. The molecule has 1 heterocycles. The van der Waals surface area contributed by atoms with Gasteiger partial charge in [-0.05, 0) is 136 Å². The fraction of sp³-hybridized carbons (Fsp3) is 0.790. The Morgan fingerprint density at radius 1 is 0.628 bits per heavy atom. The van der Waals surface area contributed by atoms with Crippen LogP contribution in [-0.2, 0) is 52.7 Å². The SMILES string of the molecule is CCC(=O)C[C@@H](O)C[C@@H](C)C[C@H](NC(=O)[C@@H]1C[C@@H](C)CN1C(=O)C=C[C@H](C)CC)C(=O)N[C@H](C(=O)NC(C)(C)C(=O)N[C@@H](CC(C)C)C(=O)N[C@@H](CC(C)C)C(=O)NC(C)(C)C(=O)NC(C)(C)C(=O)NCCC(=O)N[C@H](C)CN(C)C)[C@H](O)C(C)C. The number of nitrogens with zero attached hydrogens (tertiary/aromatic N) is 2. The number of rotatable bonds is 37. The molecule has 1 fully saturated rings. The largest absolute Gasteiger partial charge is 0.393 e. The van der Waals surface area contributed by atoms with Gasteiger partial charge < -0.3 is 67.9 Å². The molecule has 0 radical (unpaired) electrons. The van der Waals surface area contributed by atoms with Crippen LogP contribution in [0.15, 0.2) is 12.2 Å². The third kappa shape index (κ3) is 27.4. The molecular weight excluding hydrogens is 1110 g/mol. The average Bonchev–Trinajstić information content (AvgIpc) is 3.94. The minimum Gasteiger partial charge on any atom is -0.393 e. The van der Waals surface area contributed by atoms with E-state index in [1.165, 1.54) is 52.5 Å². The van der Waals surface area contributed by atoms with Gasteiger partial charge in [0.2, 0.25) is 59.1 Å². The zero-order valence-electron chi connectivity index (χ0n) is 55.5. The summed E-state index contributed by atoms with van der Waals surface area (Å²) in [6.07, 6.45) is 2.07. The molecule has 24 nitrogen and oxygen atoms in total. The normalized spacial score (nSPS) is 18.0. The molecule has 0 aromatic rings. The highest BCUT2D eigenvalue weighted by molar-refractivity contribution is 6.00. The van der Waals surface area contributed by atoms with Crippen molar-refractivity contribution < 1.29 is 63.0 Å². The number of Topliss-reactive ketones (excluding diaryl/α,β-unsaturated/α-hetero) is 1. The quantitative estimate of drug-likeness (QED) is 0.0398. The summed E-state index contributed by atoms with van der Waals surface area (Å²) in [6.45, 7) is 31.1. The Hall–Kier alpha value is -6.01. The van der Waals surface area contributed by atoms with Crippen LogP contribution in [0.3, 0.4) is 0 Å². The van der Waals surface area contributed by atoms with Crippen molar-refractivity contribution in [1.82, 2.24) is 57.7 Å². The van der Waals surface area contributed by atoms with Gasteiger partial charge in [-0.2, -0.15) is 0 Å². The number of likely N-dealkylation sites (N-methyl/N-ethyl adjacent to an activating group) is 1. The molecule has 0 unspecified atom stereocenters. The van der Waals surface area contributed by atoms with Crippen LogP contribution in [0.4, 0.5) is 0 Å². The minimum atomic E-state index is -1.82. The van der Waals surface area contributed by atoms with Gasteiger partial charge >= 0.3 is 0 Å². The molecule has 11 atom stereocenters. The Labute approximate surface area is 512 Å². The van der Waals surface area contributed by atoms with Gasteiger partial charge in [0.25, 0.3) is 0 Å². The van der Waals surface area contributed by atoms with Gasteiger partial charge in [-0.3, -0.25) is 52.7 Å². The third-order valence-corrected chi connectivity index (χ3v) is 15.1. The second-order valence-electron chi connectivity index (χ2n) is 27.1. The average molecular weight is 1220 g/mol. The van der Waals surface area contributed by atoms with E-state index in [1.807, 2.05) is 74.4 Å². The molecule has 1 saturated heterocycles. The molecule has 24 heteroatoms. The van der Waals surface area contributed by atoms with Crippen LogP contribution in [0.25, 0.3) is 0 Å². The van der Waals surface area contributed by atoms with Gasteiger partial charge in [-0.25, -0.2) is 0 Å². The predicted octanol–water partition coefficient (Wildman–Crippen LogP) is 2.28. The van der Waals surface area contributed by atoms with Crippen molar-refractivity contribution in [2.24, 2.45) is 35.5 Å². The first-order valence-electron chi connectivity index (χ1n) is 30.8. The molecule has 0 aliphatic carbocycles. The second-order valence-corrected chi connectivity index (χ2v) is 27.1. The summed E-state index contributed by atoms with van der Waals surface area (Å²) in [5.74, 6) is -8.25. The van der Waals surface area contributed by atoms with Crippen LogP contribution in [-0.4, -0.2) is 184 Å². The van der Waals surface area contributed by atoms with E-state index in [2.05, 4.69) is 47.9 Å². The summed E-state index contributed by atoms with van der Waals surface area (Å²) >= 11 is 0. The number of allylic oxidation sites excluding steroid dienone is 1. The Morgan fingerprint density at radius 3 is 1.69 bits per heavy atom. The van der Waals surface area contributed by atoms with Crippen molar-refractivity contribution in [3.8, 4) is 0 Å². The lowest BCUT2D eigenvalue weighted by Crippen LogP contribution is -2.66. The highest BCUT2D eigenvalue weighted by Crippen LogP contribution is 2.25. The number of carbonyl (C=O) groups excluding carboxylic acids is 11. The number of amides is 10. The molecule has 0 aromatic heterocycles. The Bertz CT molecular complexity index is 2340. The first kappa shape index (κ1) is 78.0. The highest BCUT2D eigenvalue weighted by atomic mass is 16.3. The highest BCUT2D eigenvalue weighted by Gasteiger charge is 2.43. The number of hydrogen-bond acceptors (Lipinski definition) is 14. The number of aliphatic hydroxyl groups excluding tert-OH is 2. The van der Waals surface area contributed by atoms with Crippen LogP contribution in [0.5, 0.6) is 0 Å². The summed E-state index contributed by atoms with van der Waals surface area (Å²) < 4.78 is 0. The van der Waals surface area contributed by atoms with Crippen molar-refractivity contribution in [1.29, 1.82) is 0 Å². The topological polar surface area (TPSA) is 343 Å². The summed E-state index contributed by atoms with van der Waals surface area (Å²) in [4.78, 5) is 154. The summed E-state index contributed by atoms with van der Waals surface area (Å²) in [5.41, 5.74) is -4.93. The van der Waals surface area contributed by atoms with Crippen LogP contribution in [0, 0.1) is 35.5 Å². The number of aliphatic hydroxyl groups is 2. The van der Waals surface area contributed by atoms with Crippen molar-refractivity contribution >= 4 is 64.9 Å². The van der Waals surface area contributed by atoms with E-state index in [1.54, 1.807) is 33.8 Å². The molecule has 1 aliphatic rings. The van der Waals surface area contributed by atoms with E-state index in [0.717, 1.165) is 6.42 Å². The lowest BCUT2D eigenvalue weighted by molar-refractivity contribution is -0.140. The molecule has 10 amide bonds. The third-order valence-electron chi connectivity index (χ3n) is 15.1. The number of carbonyl (C=O) groups is 11. The summed E-state index contributed by atoms with van der Waals surface area (Å²) in [6, 6.07) is -6.61. The van der Waals surface area contributed by atoms with Crippen LogP contribution >= 0.6 is 0 Å². The fourth-order valence-corrected chi connectivity index (χ4v) is 9.77. The van der Waals surface area contributed by atoms with Gasteiger partial charge in [0.05, 0.1) is 12.2 Å². The van der Waals surface area contributed by atoms with Gasteiger partial charge in [0.15, 0.2) is 0 Å². The minimum absolute atomic E-state index is 0.00837. The number of hydrogen-bond donors (Lipinski definition) is 11. The number of likely N-dealkylation sites (tertiary alicyclic amines) is 1. The first-order chi connectivity index (χ1) is 39.6. The number of ketones is 1. The molecule has 0 spiro atoms. The van der Waals surface area contributed by atoms with E-state index in [9.17, 15) is 63.0 Å². The molecule has 11 N–H and O–H groups in total. The monoisotopic (exact) mass is 1220 g/mol. The van der Waals surface area contributed by atoms with E-state index in [0.29, 0.717) is 19.5 Å². The standard InChI is InChI=1S/C62H111N11O13/c1-21-38(9)23-24-49(77)73-33-40(11)31-47(73)55(82)66-46(30-39(10)29-43(75)32-42(74)22-2)53(80)68-50(51(78)37(7)8)56(83)70-61(15,16)58(85)67-44(27-35(3)4)52(79)65-45(28-36(5)6)54(81)69-62(17,18)59(86)71-60(13,14)57(84)63-26-25-48(76)64-41(12)34-72(19)20/h23-24,35-41,43-47,50-51,75,78H,21-22,25-34H2,1-20H3,(H,63,84)(H,64,76)(H,65,79)(H,66,82)(H,67,85)(H,68,80)(H,69,81)(H,70,83)(H,71,86)/t38-,39-,40-,41-,43+,44+,45+,46+,47+,50+,51-/m1/s1. The Balaban J connectivity index is 3.44. The van der Waals surface area contributed by atoms with E-state index in [-0.39, 0.29) is 98.8 Å². The molecule has 0 saturated carbocycles. The first-order valence-corrected chi connectivity index (χ1v) is 30.8. The van der Waals surface area contributed by atoms with Crippen LogP contribution < -0.4 is 47.9 Å². The van der Waals surface area contributed by atoms with Crippen molar-refractivity contribution in [3.63, 3.8) is 0 Å². The lowest BCUT2D eigenvalue weighted by Gasteiger charge is -2.34. The van der Waals surface area contributed by atoms with Crippen molar-refractivity contribution in [2.45, 2.75) is 247 Å². The summed E-state index contributed by atoms with van der Waals surface area (Å²) in [7, 11) is 3.77. The summed E-state index contributed by atoms with van der Waals surface area (Å²) in [5, 5.41) is 46.7. The van der Waals surface area contributed by atoms with Gasteiger partial charge in [-0.15, -0.1) is 0 Å². The Kier molecular flexibility index (Phi) is 32.4. The number of nitrogens with one attached hydrogen (secondary N) is 9. The molecule has 492 valence electrons.